The van der Waals surface area contributed by atoms with Crippen molar-refractivity contribution < 1.29 is 18.6 Å². The molecule has 4 nitrogen and oxygen atoms in total. The van der Waals surface area contributed by atoms with E-state index in [1.165, 1.54) is 12.1 Å². The lowest BCUT2D eigenvalue weighted by molar-refractivity contribution is 0.456. The molecule has 0 unspecified atom stereocenters. The molecule has 5 heteroatoms. The second-order valence-electron chi connectivity index (χ2n) is 5.29. The van der Waals surface area contributed by atoms with Crippen LogP contribution in [0.1, 0.15) is 22.3 Å². The third-order valence-electron chi connectivity index (χ3n) is 3.51. The third-order valence-corrected chi connectivity index (χ3v) is 5.75. The molecular formula is C16H18O4S. The Labute approximate surface area is 124 Å². The van der Waals surface area contributed by atoms with Crippen LogP contribution in [-0.2, 0) is 9.84 Å². The number of rotatable bonds is 2. The van der Waals surface area contributed by atoms with Crippen molar-refractivity contribution in [2.75, 3.05) is 0 Å². The lowest BCUT2D eigenvalue weighted by atomic mass is 10.1. The summed E-state index contributed by atoms with van der Waals surface area (Å²) in [5.41, 5.74) is 2.09. The van der Waals surface area contributed by atoms with Crippen LogP contribution in [0.15, 0.2) is 34.1 Å². The largest absolute Gasteiger partial charge is 0.508 e. The van der Waals surface area contributed by atoms with Gasteiger partial charge in [-0.25, -0.2) is 8.42 Å². The minimum atomic E-state index is -3.91. The molecule has 0 atom stereocenters. The summed E-state index contributed by atoms with van der Waals surface area (Å²) in [4.78, 5) is -0.0605. The lowest BCUT2D eigenvalue weighted by Gasteiger charge is -2.15. The van der Waals surface area contributed by atoms with Crippen molar-refractivity contribution in [3.63, 3.8) is 0 Å². The van der Waals surface area contributed by atoms with Crippen LogP contribution in [0.2, 0.25) is 0 Å². The number of sulfone groups is 1. The van der Waals surface area contributed by atoms with Gasteiger partial charge in [-0.1, -0.05) is 12.1 Å². The molecule has 0 saturated carbocycles. The number of hydrogen-bond donors (Lipinski definition) is 2. The first-order chi connectivity index (χ1) is 9.66. The molecule has 2 aromatic rings. The Balaban J connectivity index is 2.85. The number of phenolic OH excluding ortho intramolecular Hbond substituents is 2. The highest BCUT2D eigenvalue weighted by atomic mass is 32.2. The van der Waals surface area contributed by atoms with Crippen LogP contribution in [0.4, 0.5) is 0 Å². The molecule has 0 bridgehead atoms. The van der Waals surface area contributed by atoms with Gasteiger partial charge in [-0.2, -0.15) is 0 Å². The standard InChI is InChI=1S/C16H18O4S/c1-9-7-11(3)16(14(18)8-9)21(19,20)15-10(2)5-6-13(17)12(15)4/h5-8,17-18H,1-4H3. The molecular weight excluding hydrogens is 288 g/mol. The quantitative estimate of drug-likeness (QED) is 0.893. The molecule has 0 aliphatic rings. The van der Waals surface area contributed by atoms with Crippen LogP contribution in [0.3, 0.4) is 0 Å². The Bertz CT molecular complexity index is 797. The topological polar surface area (TPSA) is 74.6 Å². The predicted molar refractivity (Wildman–Crippen MR) is 80.6 cm³/mol. The fourth-order valence-corrected chi connectivity index (χ4v) is 4.63. The minimum absolute atomic E-state index is 0.0461. The van der Waals surface area contributed by atoms with E-state index in [-0.39, 0.29) is 26.9 Å². The molecule has 21 heavy (non-hydrogen) atoms. The summed E-state index contributed by atoms with van der Waals surface area (Å²) in [6, 6.07) is 6.15. The zero-order chi connectivity index (χ0) is 15.9. The van der Waals surface area contributed by atoms with E-state index in [2.05, 4.69) is 0 Å². The minimum Gasteiger partial charge on any atom is -0.508 e. The molecule has 0 saturated heterocycles. The molecule has 0 radical (unpaired) electrons. The highest BCUT2D eigenvalue weighted by Crippen LogP contribution is 2.37. The molecule has 0 aliphatic heterocycles. The number of aromatic hydroxyl groups is 2. The van der Waals surface area contributed by atoms with E-state index in [0.717, 1.165) is 5.56 Å². The highest BCUT2D eigenvalue weighted by molar-refractivity contribution is 7.91. The Hall–Kier alpha value is -2.01. The van der Waals surface area contributed by atoms with Crippen molar-refractivity contribution >= 4 is 9.84 Å². The SMILES string of the molecule is Cc1cc(C)c(S(=O)(=O)c2c(C)ccc(O)c2C)c(O)c1. The molecule has 0 aromatic heterocycles. The summed E-state index contributed by atoms with van der Waals surface area (Å²) in [6.07, 6.45) is 0. The van der Waals surface area contributed by atoms with E-state index in [1.807, 2.05) is 0 Å². The van der Waals surface area contributed by atoms with Gasteiger partial charge in [0, 0.05) is 5.56 Å². The van der Waals surface area contributed by atoms with E-state index in [0.29, 0.717) is 11.1 Å². The number of benzene rings is 2. The molecule has 112 valence electrons. The van der Waals surface area contributed by atoms with Crippen LogP contribution in [0, 0.1) is 27.7 Å². The summed E-state index contributed by atoms with van der Waals surface area (Å²) >= 11 is 0. The Morgan fingerprint density at radius 3 is 2.00 bits per heavy atom. The van der Waals surface area contributed by atoms with Gasteiger partial charge in [0.2, 0.25) is 9.84 Å². The van der Waals surface area contributed by atoms with Crippen LogP contribution < -0.4 is 0 Å². The van der Waals surface area contributed by atoms with Gasteiger partial charge in [-0.3, -0.25) is 0 Å². The van der Waals surface area contributed by atoms with Crippen molar-refractivity contribution in [3.8, 4) is 11.5 Å². The smallest absolute Gasteiger partial charge is 0.211 e. The summed E-state index contributed by atoms with van der Waals surface area (Å²) in [5, 5.41) is 19.9. The molecule has 0 spiro atoms. The summed E-state index contributed by atoms with van der Waals surface area (Å²) in [5.74, 6) is -0.349. The highest BCUT2D eigenvalue weighted by Gasteiger charge is 2.28. The maximum Gasteiger partial charge on any atom is 0.211 e. The number of aryl methyl sites for hydroxylation is 3. The van der Waals surface area contributed by atoms with Crippen LogP contribution in [-0.4, -0.2) is 18.6 Å². The third kappa shape index (κ3) is 2.49. The van der Waals surface area contributed by atoms with E-state index >= 15 is 0 Å². The van der Waals surface area contributed by atoms with Gasteiger partial charge in [-0.05, 0) is 56.5 Å². The zero-order valence-electron chi connectivity index (χ0n) is 12.4. The van der Waals surface area contributed by atoms with E-state index < -0.39 is 9.84 Å². The van der Waals surface area contributed by atoms with Crippen LogP contribution >= 0.6 is 0 Å². The van der Waals surface area contributed by atoms with Crippen LogP contribution in [0.5, 0.6) is 11.5 Å². The fourth-order valence-electron chi connectivity index (χ4n) is 2.61. The average Bonchev–Trinajstić information content (AvgIpc) is 2.32. The van der Waals surface area contributed by atoms with Crippen molar-refractivity contribution in [2.24, 2.45) is 0 Å². The van der Waals surface area contributed by atoms with E-state index in [4.69, 9.17) is 0 Å². The predicted octanol–water partition coefficient (Wildman–Crippen LogP) is 3.16. The second-order valence-corrected chi connectivity index (χ2v) is 7.11. The van der Waals surface area contributed by atoms with Crippen molar-refractivity contribution in [2.45, 2.75) is 37.5 Å². The van der Waals surface area contributed by atoms with E-state index in [9.17, 15) is 18.6 Å². The molecule has 2 aromatic carbocycles. The van der Waals surface area contributed by atoms with Gasteiger partial charge in [0.1, 0.15) is 16.4 Å². The monoisotopic (exact) mass is 306 g/mol. The summed E-state index contributed by atoms with van der Waals surface area (Å²) in [6.45, 7) is 6.65. The maximum absolute atomic E-state index is 12.9. The van der Waals surface area contributed by atoms with Crippen LogP contribution in [0.25, 0.3) is 0 Å². The molecule has 2 N–H and O–H groups in total. The average molecular weight is 306 g/mol. The normalized spacial score (nSPS) is 11.6. The van der Waals surface area contributed by atoms with Gasteiger partial charge in [-0.15, -0.1) is 0 Å². The number of hydrogen-bond acceptors (Lipinski definition) is 4. The first-order valence-corrected chi connectivity index (χ1v) is 7.99. The molecule has 0 aliphatic carbocycles. The zero-order valence-corrected chi connectivity index (χ0v) is 13.2. The van der Waals surface area contributed by atoms with Crippen molar-refractivity contribution in [1.29, 1.82) is 0 Å². The first kappa shape index (κ1) is 15.4. The van der Waals surface area contributed by atoms with Gasteiger partial charge < -0.3 is 10.2 Å². The van der Waals surface area contributed by atoms with Gasteiger partial charge in [0.25, 0.3) is 0 Å². The second kappa shape index (κ2) is 5.07. The fraction of sp³-hybridized carbons (Fsp3) is 0.250. The van der Waals surface area contributed by atoms with Gasteiger partial charge >= 0.3 is 0 Å². The Kier molecular flexibility index (Phi) is 3.72. The number of phenols is 2. The summed E-state index contributed by atoms with van der Waals surface area (Å²) in [7, 11) is -3.91. The van der Waals surface area contributed by atoms with Gasteiger partial charge in [0.15, 0.2) is 0 Å². The van der Waals surface area contributed by atoms with E-state index in [1.54, 1.807) is 39.8 Å². The van der Waals surface area contributed by atoms with Crippen molar-refractivity contribution in [3.05, 3.63) is 46.5 Å². The molecule has 2 rings (SSSR count). The maximum atomic E-state index is 12.9. The molecule has 0 heterocycles. The first-order valence-electron chi connectivity index (χ1n) is 6.50. The molecule has 0 fully saturated rings. The Morgan fingerprint density at radius 2 is 1.43 bits per heavy atom. The summed E-state index contributed by atoms with van der Waals surface area (Å²) < 4.78 is 25.8. The lowest BCUT2D eigenvalue weighted by Crippen LogP contribution is -2.09. The van der Waals surface area contributed by atoms with Gasteiger partial charge in [0.05, 0.1) is 4.90 Å². The molecule has 0 amide bonds. The van der Waals surface area contributed by atoms with Crippen molar-refractivity contribution in [1.82, 2.24) is 0 Å². The Morgan fingerprint density at radius 1 is 0.810 bits per heavy atom.